The molecule has 1 rings (SSSR count). The van der Waals surface area contributed by atoms with Crippen molar-refractivity contribution in [1.29, 1.82) is 0 Å². The van der Waals surface area contributed by atoms with E-state index in [9.17, 15) is 4.79 Å². The van der Waals surface area contributed by atoms with Crippen LogP contribution in [-0.2, 0) is 11.2 Å². The molecule has 3 N–H and O–H groups in total. The summed E-state index contributed by atoms with van der Waals surface area (Å²) in [4.78, 5) is 11.8. The van der Waals surface area contributed by atoms with Crippen molar-refractivity contribution >= 4 is 23.1 Å². The Kier molecular flexibility index (Phi) is 5.58. The van der Waals surface area contributed by atoms with Gasteiger partial charge in [-0.1, -0.05) is 24.4 Å². The number of hydrogen-bond acceptors (Lipinski definition) is 3. The second-order valence-electron chi connectivity index (χ2n) is 4.02. The first-order valence-electron chi connectivity index (χ1n) is 5.74. The largest absolute Gasteiger partial charge is 0.497 e. The average molecular weight is 266 g/mol. The molecule has 0 radical (unpaired) electrons. The Morgan fingerprint density at radius 1 is 1.56 bits per heavy atom. The number of carbonyl (C=O) groups excluding carboxylic acids is 1. The zero-order valence-corrected chi connectivity index (χ0v) is 11.4. The number of nitrogens with one attached hydrogen (secondary N) is 1. The van der Waals surface area contributed by atoms with E-state index in [1.165, 1.54) is 0 Å². The number of benzene rings is 1. The number of carbonyl (C=O) groups is 1. The Bertz CT molecular complexity index is 435. The minimum absolute atomic E-state index is 0.134. The number of rotatable bonds is 6. The van der Waals surface area contributed by atoms with Crippen molar-refractivity contribution in [1.82, 2.24) is 5.32 Å². The maximum Gasteiger partial charge on any atom is 0.229 e. The van der Waals surface area contributed by atoms with Crippen molar-refractivity contribution in [3.05, 3.63) is 29.8 Å². The molecule has 5 heteroatoms. The van der Waals surface area contributed by atoms with Gasteiger partial charge in [0.1, 0.15) is 5.75 Å². The Hall–Kier alpha value is -1.62. The maximum absolute atomic E-state index is 11.6. The topological polar surface area (TPSA) is 64.3 Å². The van der Waals surface area contributed by atoms with Crippen molar-refractivity contribution in [2.75, 3.05) is 13.7 Å². The molecule has 0 spiro atoms. The third-order valence-electron chi connectivity index (χ3n) is 2.67. The fourth-order valence-electron chi connectivity index (χ4n) is 1.44. The van der Waals surface area contributed by atoms with Gasteiger partial charge < -0.3 is 15.8 Å². The van der Waals surface area contributed by atoms with E-state index in [4.69, 9.17) is 22.7 Å². The zero-order chi connectivity index (χ0) is 13.5. The number of amides is 1. The van der Waals surface area contributed by atoms with Gasteiger partial charge in [-0.15, -0.1) is 0 Å². The molecule has 0 saturated heterocycles. The molecule has 4 nitrogen and oxygen atoms in total. The first-order valence-corrected chi connectivity index (χ1v) is 6.15. The Labute approximate surface area is 113 Å². The summed E-state index contributed by atoms with van der Waals surface area (Å²) < 4.78 is 5.13. The van der Waals surface area contributed by atoms with Gasteiger partial charge in [0.2, 0.25) is 5.91 Å². The van der Waals surface area contributed by atoms with Crippen molar-refractivity contribution in [2.45, 2.75) is 13.3 Å². The number of nitrogens with two attached hydrogens (primary N) is 1. The first kappa shape index (κ1) is 14.4. The molecule has 98 valence electrons. The molecule has 0 heterocycles. The molecule has 1 aromatic carbocycles. The predicted octanol–water partition coefficient (Wildman–Crippen LogP) is 1.28. The highest BCUT2D eigenvalue weighted by Crippen LogP contribution is 2.12. The van der Waals surface area contributed by atoms with Crippen LogP contribution in [0.4, 0.5) is 0 Å². The summed E-state index contributed by atoms with van der Waals surface area (Å²) in [6.45, 7) is 2.25. The van der Waals surface area contributed by atoms with Crippen LogP contribution in [0.1, 0.15) is 12.5 Å². The molecular formula is C13H18N2O2S. The summed E-state index contributed by atoms with van der Waals surface area (Å²) in [5.74, 6) is 0.256. The summed E-state index contributed by atoms with van der Waals surface area (Å²) in [6, 6.07) is 7.75. The van der Waals surface area contributed by atoms with E-state index in [0.717, 1.165) is 17.7 Å². The van der Waals surface area contributed by atoms with Gasteiger partial charge in [0.15, 0.2) is 0 Å². The Balaban J connectivity index is 2.41. The van der Waals surface area contributed by atoms with E-state index in [1.54, 1.807) is 14.0 Å². The highest BCUT2D eigenvalue weighted by atomic mass is 32.1. The summed E-state index contributed by atoms with van der Waals surface area (Å²) >= 11 is 4.77. The van der Waals surface area contributed by atoms with Gasteiger partial charge in [-0.25, -0.2) is 0 Å². The molecule has 0 bridgehead atoms. The summed E-state index contributed by atoms with van der Waals surface area (Å²) in [5.41, 5.74) is 6.52. The van der Waals surface area contributed by atoms with Gasteiger partial charge in [-0.3, -0.25) is 4.79 Å². The smallest absolute Gasteiger partial charge is 0.229 e. The SMILES string of the molecule is COc1cccc(CCNC(=O)C(C)C(N)=S)c1. The van der Waals surface area contributed by atoms with Crippen LogP contribution in [-0.4, -0.2) is 24.6 Å². The van der Waals surface area contributed by atoms with E-state index in [0.29, 0.717) is 6.54 Å². The van der Waals surface area contributed by atoms with Gasteiger partial charge in [-0.05, 0) is 31.0 Å². The summed E-state index contributed by atoms with van der Waals surface area (Å²) in [7, 11) is 1.63. The third kappa shape index (κ3) is 4.33. The summed E-state index contributed by atoms with van der Waals surface area (Å²) in [6.07, 6.45) is 0.743. The lowest BCUT2D eigenvalue weighted by Crippen LogP contribution is -2.36. The molecule has 1 atom stereocenters. The lowest BCUT2D eigenvalue weighted by atomic mass is 10.1. The minimum atomic E-state index is -0.426. The number of hydrogen-bond donors (Lipinski definition) is 2. The van der Waals surface area contributed by atoms with Crippen molar-refractivity contribution in [3.8, 4) is 5.75 Å². The predicted molar refractivity (Wildman–Crippen MR) is 75.7 cm³/mol. The molecule has 1 unspecified atom stereocenters. The molecule has 0 aliphatic carbocycles. The summed E-state index contributed by atoms with van der Waals surface area (Å²) in [5, 5.41) is 2.80. The quantitative estimate of drug-likeness (QED) is 0.761. The second kappa shape index (κ2) is 6.96. The Morgan fingerprint density at radius 3 is 2.89 bits per heavy atom. The lowest BCUT2D eigenvalue weighted by Gasteiger charge is -2.10. The molecule has 0 aromatic heterocycles. The minimum Gasteiger partial charge on any atom is -0.497 e. The van der Waals surface area contributed by atoms with Crippen LogP contribution in [0, 0.1) is 5.92 Å². The van der Waals surface area contributed by atoms with E-state index >= 15 is 0 Å². The lowest BCUT2D eigenvalue weighted by molar-refractivity contribution is -0.122. The van der Waals surface area contributed by atoms with Crippen LogP contribution in [0.15, 0.2) is 24.3 Å². The van der Waals surface area contributed by atoms with Crippen LogP contribution in [0.2, 0.25) is 0 Å². The van der Waals surface area contributed by atoms with Crippen molar-refractivity contribution in [2.24, 2.45) is 11.7 Å². The molecule has 1 aromatic rings. The fourth-order valence-corrected chi connectivity index (χ4v) is 1.55. The van der Waals surface area contributed by atoms with E-state index in [-0.39, 0.29) is 10.9 Å². The molecule has 18 heavy (non-hydrogen) atoms. The highest BCUT2D eigenvalue weighted by Gasteiger charge is 2.14. The maximum atomic E-state index is 11.6. The molecule has 0 aliphatic heterocycles. The molecule has 0 aliphatic rings. The van der Waals surface area contributed by atoms with E-state index < -0.39 is 5.92 Å². The zero-order valence-electron chi connectivity index (χ0n) is 10.6. The second-order valence-corrected chi connectivity index (χ2v) is 4.49. The Morgan fingerprint density at radius 2 is 2.28 bits per heavy atom. The van der Waals surface area contributed by atoms with E-state index in [2.05, 4.69) is 5.32 Å². The average Bonchev–Trinajstić information content (AvgIpc) is 2.37. The number of methoxy groups -OCH3 is 1. The van der Waals surface area contributed by atoms with Crippen molar-refractivity contribution < 1.29 is 9.53 Å². The van der Waals surface area contributed by atoms with Gasteiger partial charge >= 0.3 is 0 Å². The van der Waals surface area contributed by atoms with Gasteiger partial charge in [-0.2, -0.15) is 0 Å². The van der Waals surface area contributed by atoms with Crippen LogP contribution >= 0.6 is 12.2 Å². The van der Waals surface area contributed by atoms with Gasteiger partial charge in [0, 0.05) is 6.54 Å². The molecule has 1 amide bonds. The normalized spacial score (nSPS) is 11.7. The van der Waals surface area contributed by atoms with E-state index in [1.807, 2.05) is 24.3 Å². The van der Waals surface area contributed by atoms with Crippen LogP contribution in [0.3, 0.4) is 0 Å². The monoisotopic (exact) mass is 266 g/mol. The molecule has 0 fully saturated rings. The third-order valence-corrected chi connectivity index (χ3v) is 3.02. The first-order chi connectivity index (χ1) is 8.54. The van der Waals surface area contributed by atoms with Crippen molar-refractivity contribution in [3.63, 3.8) is 0 Å². The van der Waals surface area contributed by atoms with Crippen LogP contribution < -0.4 is 15.8 Å². The highest BCUT2D eigenvalue weighted by molar-refractivity contribution is 7.80. The van der Waals surface area contributed by atoms with Gasteiger partial charge in [0.05, 0.1) is 18.0 Å². The number of ether oxygens (including phenoxy) is 1. The number of thiocarbonyl (C=S) groups is 1. The van der Waals surface area contributed by atoms with Crippen LogP contribution in [0.25, 0.3) is 0 Å². The fraction of sp³-hybridized carbons (Fsp3) is 0.385. The van der Waals surface area contributed by atoms with Crippen LogP contribution in [0.5, 0.6) is 5.75 Å². The molecule has 0 saturated carbocycles. The standard InChI is InChI=1S/C13H18N2O2S/c1-9(12(14)18)13(16)15-7-6-10-4-3-5-11(8-10)17-2/h3-5,8-9H,6-7H2,1-2H3,(H2,14,18)(H,15,16). The van der Waals surface area contributed by atoms with Gasteiger partial charge in [0.25, 0.3) is 0 Å². The molecular weight excluding hydrogens is 248 g/mol.